The fourth-order valence-electron chi connectivity index (χ4n) is 2.45. The lowest BCUT2D eigenvalue weighted by Crippen LogP contribution is -2.41. The van der Waals surface area contributed by atoms with Crippen molar-refractivity contribution in [2.24, 2.45) is 5.41 Å². The Morgan fingerprint density at radius 2 is 2.22 bits per heavy atom. The van der Waals surface area contributed by atoms with E-state index in [2.05, 4.69) is 9.88 Å². The number of hydrogen-bond acceptors (Lipinski definition) is 4. The number of carbonyl (C=O) groups excluding carboxylic acids is 1. The first-order chi connectivity index (χ1) is 8.74. The molecule has 1 saturated heterocycles. The van der Waals surface area contributed by atoms with E-state index in [1.54, 1.807) is 6.20 Å². The standard InChI is InChI=1S/C14H20N2O2/c1-16(10-13-4-2-3-7-15-13)11-14(12-17)5-8-18-9-6-14/h2-4,7,12H,5-6,8-11H2,1H3. The zero-order valence-corrected chi connectivity index (χ0v) is 10.8. The zero-order chi connectivity index (χ0) is 12.8. The molecule has 18 heavy (non-hydrogen) atoms. The summed E-state index contributed by atoms with van der Waals surface area (Å²) < 4.78 is 5.34. The third kappa shape index (κ3) is 3.37. The van der Waals surface area contributed by atoms with Crippen LogP contribution in [-0.2, 0) is 16.1 Å². The van der Waals surface area contributed by atoms with Crippen molar-refractivity contribution in [2.45, 2.75) is 19.4 Å². The lowest BCUT2D eigenvalue weighted by atomic mass is 9.81. The van der Waals surface area contributed by atoms with Gasteiger partial charge in [0.2, 0.25) is 0 Å². The van der Waals surface area contributed by atoms with E-state index in [0.717, 1.165) is 37.9 Å². The van der Waals surface area contributed by atoms with Gasteiger partial charge in [-0.2, -0.15) is 0 Å². The monoisotopic (exact) mass is 248 g/mol. The summed E-state index contributed by atoms with van der Waals surface area (Å²) >= 11 is 0. The van der Waals surface area contributed by atoms with E-state index < -0.39 is 0 Å². The summed E-state index contributed by atoms with van der Waals surface area (Å²) in [6.45, 7) is 2.93. The van der Waals surface area contributed by atoms with Gasteiger partial charge in [-0.3, -0.25) is 9.88 Å². The Balaban J connectivity index is 1.93. The van der Waals surface area contributed by atoms with Gasteiger partial charge in [-0.15, -0.1) is 0 Å². The van der Waals surface area contributed by atoms with Gasteiger partial charge in [0, 0.05) is 37.9 Å². The second-order valence-electron chi connectivity index (χ2n) is 5.09. The molecule has 0 saturated carbocycles. The number of ether oxygens (including phenoxy) is 1. The van der Waals surface area contributed by atoms with Crippen LogP contribution >= 0.6 is 0 Å². The predicted octanol–water partition coefficient (Wildman–Crippen LogP) is 1.51. The first kappa shape index (κ1) is 13.2. The Bertz CT molecular complexity index is 375. The average molecular weight is 248 g/mol. The Kier molecular flexibility index (Phi) is 4.44. The minimum absolute atomic E-state index is 0.234. The number of nitrogens with zero attached hydrogens (tertiary/aromatic N) is 2. The molecule has 0 bridgehead atoms. The topological polar surface area (TPSA) is 42.4 Å². The van der Waals surface area contributed by atoms with Crippen molar-refractivity contribution < 1.29 is 9.53 Å². The van der Waals surface area contributed by atoms with Crippen molar-refractivity contribution >= 4 is 6.29 Å². The SMILES string of the molecule is CN(Cc1ccccn1)CC1(C=O)CCOCC1. The highest BCUT2D eigenvalue weighted by molar-refractivity contribution is 5.60. The Morgan fingerprint density at radius 1 is 1.44 bits per heavy atom. The molecule has 2 rings (SSSR count). The zero-order valence-electron chi connectivity index (χ0n) is 10.8. The molecule has 0 N–H and O–H groups in total. The minimum atomic E-state index is -0.234. The van der Waals surface area contributed by atoms with Crippen molar-refractivity contribution in [2.75, 3.05) is 26.8 Å². The predicted molar refractivity (Wildman–Crippen MR) is 69.1 cm³/mol. The van der Waals surface area contributed by atoms with Crippen molar-refractivity contribution in [3.05, 3.63) is 30.1 Å². The lowest BCUT2D eigenvalue weighted by Gasteiger charge is -2.35. The van der Waals surface area contributed by atoms with Crippen LogP contribution in [0.5, 0.6) is 0 Å². The van der Waals surface area contributed by atoms with Crippen LogP contribution in [0.1, 0.15) is 18.5 Å². The summed E-state index contributed by atoms with van der Waals surface area (Å²) in [5, 5.41) is 0. The van der Waals surface area contributed by atoms with Gasteiger partial charge in [0.1, 0.15) is 6.29 Å². The molecule has 1 aliphatic heterocycles. The van der Waals surface area contributed by atoms with Gasteiger partial charge in [0.25, 0.3) is 0 Å². The van der Waals surface area contributed by atoms with E-state index in [1.165, 1.54) is 0 Å². The van der Waals surface area contributed by atoms with E-state index in [4.69, 9.17) is 4.74 Å². The average Bonchev–Trinajstić information content (AvgIpc) is 2.41. The molecule has 0 amide bonds. The molecule has 4 heteroatoms. The fraction of sp³-hybridized carbons (Fsp3) is 0.571. The number of hydrogen-bond donors (Lipinski definition) is 0. The Labute approximate surface area is 108 Å². The molecule has 1 aromatic rings. The smallest absolute Gasteiger partial charge is 0.127 e. The molecule has 0 aromatic carbocycles. The van der Waals surface area contributed by atoms with Crippen LogP contribution in [-0.4, -0.2) is 43.0 Å². The lowest BCUT2D eigenvalue weighted by molar-refractivity contribution is -0.122. The van der Waals surface area contributed by atoms with Crippen molar-refractivity contribution in [1.29, 1.82) is 0 Å². The van der Waals surface area contributed by atoms with Gasteiger partial charge in [0.05, 0.1) is 5.69 Å². The molecule has 1 aromatic heterocycles. The van der Waals surface area contributed by atoms with Crippen LogP contribution in [0, 0.1) is 5.41 Å². The Hall–Kier alpha value is -1.26. The van der Waals surface area contributed by atoms with Crippen LogP contribution < -0.4 is 0 Å². The maximum Gasteiger partial charge on any atom is 0.127 e. The van der Waals surface area contributed by atoms with Gasteiger partial charge >= 0.3 is 0 Å². The third-order valence-corrected chi connectivity index (χ3v) is 3.48. The van der Waals surface area contributed by atoms with Gasteiger partial charge in [0.15, 0.2) is 0 Å². The molecule has 0 unspecified atom stereocenters. The third-order valence-electron chi connectivity index (χ3n) is 3.48. The van der Waals surface area contributed by atoms with Crippen LogP contribution in [0.2, 0.25) is 0 Å². The molecule has 98 valence electrons. The van der Waals surface area contributed by atoms with Gasteiger partial charge < -0.3 is 9.53 Å². The number of aldehydes is 1. The largest absolute Gasteiger partial charge is 0.381 e. The van der Waals surface area contributed by atoms with Crippen molar-refractivity contribution in [3.63, 3.8) is 0 Å². The molecule has 0 radical (unpaired) electrons. The van der Waals surface area contributed by atoms with Crippen LogP contribution in [0.15, 0.2) is 24.4 Å². The summed E-state index contributed by atoms with van der Waals surface area (Å²) in [4.78, 5) is 17.8. The number of rotatable bonds is 5. The number of carbonyl (C=O) groups is 1. The van der Waals surface area contributed by atoms with E-state index in [0.29, 0.717) is 13.2 Å². The number of pyridine rings is 1. The van der Waals surface area contributed by atoms with Gasteiger partial charge in [-0.1, -0.05) is 6.07 Å². The summed E-state index contributed by atoms with van der Waals surface area (Å²) in [5.41, 5.74) is 0.801. The van der Waals surface area contributed by atoms with Crippen molar-refractivity contribution in [3.8, 4) is 0 Å². The molecule has 0 atom stereocenters. The van der Waals surface area contributed by atoms with E-state index >= 15 is 0 Å². The fourth-order valence-corrected chi connectivity index (χ4v) is 2.45. The molecule has 4 nitrogen and oxygen atoms in total. The summed E-state index contributed by atoms with van der Waals surface area (Å²) in [5.74, 6) is 0. The highest BCUT2D eigenvalue weighted by Crippen LogP contribution is 2.29. The van der Waals surface area contributed by atoms with E-state index in [-0.39, 0.29) is 5.41 Å². The first-order valence-electron chi connectivity index (χ1n) is 6.37. The summed E-state index contributed by atoms with van der Waals surface area (Å²) in [7, 11) is 2.04. The van der Waals surface area contributed by atoms with Crippen LogP contribution in [0.3, 0.4) is 0 Å². The second-order valence-corrected chi connectivity index (χ2v) is 5.09. The molecular formula is C14H20N2O2. The summed E-state index contributed by atoms with van der Waals surface area (Å²) in [6, 6.07) is 5.91. The quantitative estimate of drug-likeness (QED) is 0.741. The van der Waals surface area contributed by atoms with Crippen LogP contribution in [0.25, 0.3) is 0 Å². The maximum absolute atomic E-state index is 11.4. The highest BCUT2D eigenvalue weighted by Gasteiger charge is 2.33. The maximum atomic E-state index is 11.4. The van der Waals surface area contributed by atoms with E-state index in [1.807, 2.05) is 25.2 Å². The normalized spacial score (nSPS) is 18.8. The summed E-state index contributed by atoms with van der Waals surface area (Å²) in [6.07, 6.45) is 4.56. The first-order valence-corrected chi connectivity index (χ1v) is 6.37. The molecule has 1 fully saturated rings. The van der Waals surface area contributed by atoms with Crippen LogP contribution in [0.4, 0.5) is 0 Å². The highest BCUT2D eigenvalue weighted by atomic mass is 16.5. The molecule has 2 heterocycles. The number of aromatic nitrogens is 1. The second kappa shape index (κ2) is 6.07. The van der Waals surface area contributed by atoms with Gasteiger partial charge in [-0.05, 0) is 32.0 Å². The molecule has 0 spiro atoms. The molecular weight excluding hydrogens is 228 g/mol. The molecule has 1 aliphatic rings. The Morgan fingerprint density at radius 3 is 2.83 bits per heavy atom. The van der Waals surface area contributed by atoms with Gasteiger partial charge in [-0.25, -0.2) is 0 Å². The van der Waals surface area contributed by atoms with E-state index in [9.17, 15) is 4.79 Å². The minimum Gasteiger partial charge on any atom is -0.381 e. The van der Waals surface area contributed by atoms with Crippen molar-refractivity contribution in [1.82, 2.24) is 9.88 Å². The molecule has 0 aliphatic carbocycles.